The largest absolute Gasteiger partial charge is 0.484 e. The molecule has 1 saturated heterocycles. The van der Waals surface area contributed by atoms with Crippen LogP contribution >= 0.6 is 0 Å². The van der Waals surface area contributed by atoms with Gasteiger partial charge in [-0.1, -0.05) is 12.1 Å². The molecule has 45 heavy (non-hydrogen) atoms. The van der Waals surface area contributed by atoms with Crippen molar-refractivity contribution in [2.75, 3.05) is 26.3 Å². The predicted molar refractivity (Wildman–Crippen MR) is 162 cm³/mol. The van der Waals surface area contributed by atoms with Crippen LogP contribution in [-0.2, 0) is 14.8 Å². The Morgan fingerprint density at radius 2 is 1.76 bits per heavy atom. The third-order valence-corrected chi connectivity index (χ3v) is 9.45. The highest BCUT2D eigenvalue weighted by atomic mass is 32.2. The quantitative estimate of drug-likeness (QED) is 0.187. The molecule has 0 bridgehead atoms. The zero-order valence-corrected chi connectivity index (χ0v) is 24.9. The fourth-order valence-corrected chi connectivity index (χ4v) is 6.77. The number of ether oxygens (including phenoxy) is 3. The van der Waals surface area contributed by atoms with E-state index in [0.717, 1.165) is 38.1 Å². The van der Waals surface area contributed by atoms with Gasteiger partial charge in [-0.15, -0.1) is 0 Å². The van der Waals surface area contributed by atoms with Crippen LogP contribution in [0.4, 0.5) is 10.1 Å². The number of nitro groups is 1. The predicted octanol–water partition coefficient (Wildman–Crippen LogP) is 5.15. The van der Waals surface area contributed by atoms with Gasteiger partial charge in [-0.05, 0) is 62.1 Å². The standard InChI is InChI=1S/C31H31FN4O8S/c32-25-19-26-20(11-12-33-26)17-30(25)44-28-4-2-1-3-24(28)31(37)34-45(40,41)23-9-10-29(27(18-23)36(38)39)43-22-7-5-21(6-8-22)35-13-15-42-16-14-35/h1-4,9-12,17-19,21-22,33H,5-8,13-16H2,(H,34,37). The number of halogens is 1. The Hall–Kier alpha value is -4.53. The number of hydrogen-bond donors (Lipinski definition) is 2. The molecule has 4 aromatic rings. The van der Waals surface area contributed by atoms with Crippen molar-refractivity contribution >= 4 is 32.5 Å². The molecule has 2 aliphatic rings. The molecular formula is C31H31FN4O8S. The molecule has 6 rings (SSSR count). The number of nitrogens with zero attached hydrogens (tertiary/aromatic N) is 2. The van der Waals surface area contributed by atoms with E-state index in [-0.39, 0.29) is 28.9 Å². The average molecular weight is 639 g/mol. The number of para-hydroxylation sites is 1. The Kier molecular flexibility index (Phi) is 8.70. The summed E-state index contributed by atoms with van der Waals surface area (Å²) in [4.78, 5) is 29.2. The lowest BCUT2D eigenvalue weighted by Crippen LogP contribution is -2.46. The first kappa shape index (κ1) is 30.5. The maximum absolute atomic E-state index is 14.7. The van der Waals surface area contributed by atoms with E-state index in [1.54, 1.807) is 18.3 Å². The third-order valence-electron chi connectivity index (χ3n) is 8.12. The van der Waals surface area contributed by atoms with Crippen LogP contribution in [0.5, 0.6) is 17.2 Å². The molecule has 1 saturated carbocycles. The number of benzene rings is 3. The summed E-state index contributed by atoms with van der Waals surface area (Å²) in [6, 6.07) is 13.8. The number of hydrogen-bond acceptors (Lipinski definition) is 9. The van der Waals surface area contributed by atoms with E-state index in [2.05, 4.69) is 9.88 Å². The smallest absolute Gasteiger partial charge is 0.312 e. The second-order valence-electron chi connectivity index (χ2n) is 11.0. The number of nitro benzene ring substituents is 1. The van der Waals surface area contributed by atoms with Crippen molar-refractivity contribution in [1.29, 1.82) is 0 Å². The van der Waals surface area contributed by atoms with Crippen LogP contribution in [0.2, 0.25) is 0 Å². The number of carbonyl (C=O) groups excluding carboxylic acids is 1. The normalized spacial score (nSPS) is 19.2. The van der Waals surface area contributed by atoms with E-state index in [4.69, 9.17) is 14.2 Å². The van der Waals surface area contributed by atoms with Crippen molar-refractivity contribution in [2.24, 2.45) is 0 Å². The number of carbonyl (C=O) groups is 1. The number of morpholine rings is 1. The van der Waals surface area contributed by atoms with Gasteiger partial charge in [0.2, 0.25) is 0 Å². The Morgan fingerprint density at radius 1 is 1.00 bits per heavy atom. The minimum atomic E-state index is -4.56. The minimum absolute atomic E-state index is 0.0414. The van der Waals surface area contributed by atoms with E-state index in [1.165, 1.54) is 36.4 Å². The molecule has 1 aliphatic heterocycles. The summed E-state index contributed by atoms with van der Waals surface area (Å²) in [6.45, 7) is 3.19. The van der Waals surface area contributed by atoms with Gasteiger partial charge in [-0.2, -0.15) is 0 Å². The van der Waals surface area contributed by atoms with Gasteiger partial charge in [0.05, 0.1) is 34.7 Å². The fraction of sp³-hybridized carbons (Fsp3) is 0.323. The van der Waals surface area contributed by atoms with E-state index in [9.17, 15) is 27.7 Å². The van der Waals surface area contributed by atoms with Crippen LogP contribution in [0.25, 0.3) is 10.9 Å². The first-order valence-corrected chi connectivity index (χ1v) is 16.0. The summed E-state index contributed by atoms with van der Waals surface area (Å²) in [5, 5.41) is 12.6. The first-order chi connectivity index (χ1) is 21.7. The maximum Gasteiger partial charge on any atom is 0.312 e. The molecule has 14 heteroatoms. The molecule has 3 aromatic carbocycles. The van der Waals surface area contributed by atoms with E-state index in [1.807, 2.05) is 4.72 Å². The highest BCUT2D eigenvalue weighted by molar-refractivity contribution is 7.90. The van der Waals surface area contributed by atoms with Crippen molar-refractivity contribution < 1.29 is 36.7 Å². The van der Waals surface area contributed by atoms with Crippen LogP contribution < -0.4 is 14.2 Å². The van der Waals surface area contributed by atoms with Gasteiger partial charge in [0, 0.05) is 48.4 Å². The number of sulfonamides is 1. The van der Waals surface area contributed by atoms with Crippen molar-refractivity contribution in [3.05, 3.63) is 88.4 Å². The van der Waals surface area contributed by atoms with Gasteiger partial charge in [0.15, 0.2) is 17.3 Å². The zero-order chi connectivity index (χ0) is 31.6. The second-order valence-corrected chi connectivity index (χ2v) is 12.6. The summed E-state index contributed by atoms with van der Waals surface area (Å²) < 4.78 is 60.1. The van der Waals surface area contributed by atoms with E-state index >= 15 is 0 Å². The van der Waals surface area contributed by atoms with Crippen LogP contribution in [0.1, 0.15) is 36.0 Å². The van der Waals surface area contributed by atoms with E-state index < -0.39 is 37.3 Å². The molecule has 0 radical (unpaired) electrons. The molecule has 2 N–H and O–H groups in total. The summed E-state index contributed by atoms with van der Waals surface area (Å²) in [5.41, 5.74) is -0.157. The molecule has 2 fully saturated rings. The number of rotatable bonds is 9. The van der Waals surface area contributed by atoms with Gasteiger partial charge in [-0.25, -0.2) is 17.5 Å². The number of aromatic nitrogens is 1. The fourth-order valence-electron chi connectivity index (χ4n) is 5.79. The van der Waals surface area contributed by atoms with Crippen molar-refractivity contribution in [2.45, 2.75) is 42.7 Å². The molecule has 2 heterocycles. The Labute approximate surface area is 258 Å². The number of fused-ring (bicyclic) bond motifs is 1. The molecule has 1 aromatic heterocycles. The maximum atomic E-state index is 14.7. The number of amides is 1. The Balaban J connectivity index is 1.15. The lowest BCUT2D eigenvalue weighted by Gasteiger charge is -2.38. The first-order valence-electron chi connectivity index (χ1n) is 14.6. The topological polar surface area (TPSA) is 153 Å². The van der Waals surface area contributed by atoms with Crippen LogP contribution in [0, 0.1) is 15.9 Å². The summed E-state index contributed by atoms with van der Waals surface area (Å²) in [5.74, 6) is -2.04. The van der Waals surface area contributed by atoms with Crippen LogP contribution in [0.15, 0.2) is 71.8 Å². The molecule has 0 atom stereocenters. The number of aromatic amines is 1. The van der Waals surface area contributed by atoms with Gasteiger partial charge in [-0.3, -0.25) is 19.8 Å². The monoisotopic (exact) mass is 638 g/mol. The molecule has 1 aliphatic carbocycles. The van der Waals surface area contributed by atoms with Crippen LogP contribution in [-0.4, -0.2) is 67.6 Å². The van der Waals surface area contributed by atoms with Gasteiger partial charge in [0.1, 0.15) is 5.75 Å². The molecule has 0 spiro atoms. The lowest BCUT2D eigenvalue weighted by molar-refractivity contribution is -0.386. The van der Waals surface area contributed by atoms with Crippen molar-refractivity contribution in [1.82, 2.24) is 14.6 Å². The minimum Gasteiger partial charge on any atom is -0.484 e. The van der Waals surface area contributed by atoms with Gasteiger partial charge < -0.3 is 19.2 Å². The molecular weight excluding hydrogens is 607 g/mol. The zero-order valence-electron chi connectivity index (χ0n) is 24.1. The Morgan fingerprint density at radius 3 is 2.51 bits per heavy atom. The highest BCUT2D eigenvalue weighted by Crippen LogP contribution is 2.35. The Bertz CT molecular complexity index is 1830. The average Bonchev–Trinajstić information content (AvgIpc) is 3.49. The number of nitrogens with one attached hydrogen (secondary N) is 2. The highest BCUT2D eigenvalue weighted by Gasteiger charge is 2.31. The van der Waals surface area contributed by atoms with E-state index in [0.29, 0.717) is 43.0 Å². The number of H-pyrrole nitrogens is 1. The molecule has 0 unspecified atom stereocenters. The lowest BCUT2D eigenvalue weighted by atomic mass is 9.91. The SMILES string of the molecule is O=C(NS(=O)(=O)c1ccc(OC2CCC(N3CCOCC3)CC2)c([N+](=O)[O-])c1)c1ccccc1Oc1cc2cc[nH]c2cc1F. The summed E-state index contributed by atoms with van der Waals surface area (Å²) in [6.07, 6.45) is 4.58. The summed E-state index contributed by atoms with van der Waals surface area (Å²) >= 11 is 0. The molecule has 236 valence electrons. The van der Waals surface area contributed by atoms with Gasteiger partial charge in [0.25, 0.3) is 15.9 Å². The van der Waals surface area contributed by atoms with Crippen molar-refractivity contribution in [3.8, 4) is 17.2 Å². The molecule has 12 nitrogen and oxygen atoms in total. The third kappa shape index (κ3) is 6.77. The molecule has 1 amide bonds. The van der Waals surface area contributed by atoms with Gasteiger partial charge >= 0.3 is 5.69 Å². The summed E-state index contributed by atoms with van der Waals surface area (Å²) in [7, 11) is -4.56. The van der Waals surface area contributed by atoms with Crippen molar-refractivity contribution in [3.63, 3.8) is 0 Å². The second kappa shape index (κ2) is 12.8. The van der Waals surface area contributed by atoms with Crippen LogP contribution in [0.3, 0.4) is 0 Å².